The summed E-state index contributed by atoms with van der Waals surface area (Å²) in [6.45, 7) is 9.06. The van der Waals surface area contributed by atoms with Crippen LogP contribution in [0.1, 0.15) is 50.8 Å². The minimum atomic E-state index is 0.722. The molecular formula is C18H28N6. The number of aromatic nitrogens is 4. The fourth-order valence-electron chi connectivity index (χ4n) is 4.47. The second kappa shape index (κ2) is 6.67. The van der Waals surface area contributed by atoms with Crippen LogP contribution in [0, 0.1) is 0 Å². The van der Waals surface area contributed by atoms with E-state index in [4.69, 9.17) is 4.98 Å². The second-order valence-corrected chi connectivity index (χ2v) is 6.98. The SMILES string of the molecule is CCN(CC)C1CCN(c2c3c(nc4ncnn24)CCCC3)CC1. The Labute approximate surface area is 143 Å². The average Bonchev–Trinajstić information content (AvgIpc) is 3.09. The summed E-state index contributed by atoms with van der Waals surface area (Å²) in [5, 5.41) is 4.48. The number of anilines is 1. The van der Waals surface area contributed by atoms with E-state index in [0.29, 0.717) is 0 Å². The molecule has 0 atom stereocenters. The van der Waals surface area contributed by atoms with E-state index in [9.17, 15) is 0 Å². The summed E-state index contributed by atoms with van der Waals surface area (Å²) in [4.78, 5) is 14.3. The number of fused-ring (bicyclic) bond motifs is 2. The summed E-state index contributed by atoms with van der Waals surface area (Å²) in [5.74, 6) is 2.03. The van der Waals surface area contributed by atoms with Gasteiger partial charge < -0.3 is 9.80 Å². The van der Waals surface area contributed by atoms with Crippen LogP contribution in [0.5, 0.6) is 0 Å². The molecule has 2 aromatic heterocycles. The maximum absolute atomic E-state index is 4.76. The standard InChI is InChI=1S/C18H28N6/c1-3-22(4-2)14-9-11-23(12-10-14)17-15-7-5-6-8-16(15)21-18-19-13-20-24(17)18/h13-14H,3-12H2,1-2H3. The highest BCUT2D eigenvalue weighted by Gasteiger charge is 2.28. The topological polar surface area (TPSA) is 49.6 Å². The summed E-state index contributed by atoms with van der Waals surface area (Å²) in [7, 11) is 0. The molecule has 1 saturated heterocycles. The molecule has 0 saturated carbocycles. The van der Waals surface area contributed by atoms with E-state index >= 15 is 0 Å². The summed E-state index contributed by atoms with van der Waals surface area (Å²) >= 11 is 0. The van der Waals surface area contributed by atoms with Gasteiger partial charge in [0.15, 0.2) is 0 Å². The number of aryl methyl sites for hydroxylation is 1. The van der Waals surface area contributed by atoms with Crippen molar-refractivity contribution in [2.75, 3.05) is 31.1 Å². The van der Waals surface area contributed by atoms with Gasteiger partial charge in [-0.25, -0.2) is 4.98 Å². The Kier molecular flexibility index (Phi) is 4.39. The molecule has 24 heavy (non-hydrogen) atoms. The smallest absolute Gasteiger partial charge is 0.254 e. The van der Waals surface area contributed by atoms with Crippen LogP contribution in [0.2, 0.25) is 0 Å². The highest BCUT2D eigenvalue weighted by molar-refractivity contribution is 5.55. The molecule has 0 amide bonds. The van der Waals surface area contributed by atoms with E-state index in [0.717, 1.165) is 50.8 Å². The highest BCUT2D eigenvalue weighted by Crippen LogP contribution is 2.31. The van der Waals surface area contributed by atoms with Gasteiger partial charge in [0, 0.05) is 24.7 Å². The zero-order chi connectivity index (χ0) is 16.5. The van der Waals surface area contributed by atoms with E-state index in [-0.39, 0.29) is 0 Å². The maximum atomic E-state index is 4.76. The Balaban J connectivity index is 1.64. The Morgan fingerprint density at radius 3 is 2.62 bits per heavy atom. The summed E-state index contributed by atoms with van der Waals surface area (Å²) < 4.78 is 1.97. The quantitative estimate of drug-likeness (QED) is 0.862. The molecule has 0 bridgehead atoms. The first kappa shape index (κ1) is 15.8. The number of rotatable bonds is 4. The molecular weight excluding hydrogens is 300 g/mol. The number of piperidine rings is 1. The molecule has 1 aliphatic carbocycles. The maximum Gasteiger partial charge on any atom is 0.254 e. The van der Waals surface area contributed by atoms with Crippen molar-refractivity contribution < 1.29 is 0 Å². The minimum absolute atomic E-state index is 0.722. The van der Waals surface area contributed by atoms with Gasteiger partial charge in [-0.2, -0.15) is 14.6 Å². The molecule has 6 nitrogen and oxygen atoms in total. The number of nitrogens with zero attached hydrogens (tertiary/aromatic N) is 6. The van der Waals surface area contributed by atoms with E-state index in [1.807, 2.05) is 4.52 Å². The van der Waals surface area contributed by atoms with Gasteiger partial charge >= 0.3 is 0 Å². The fourth-order valence-corrected chi connectivity index (χ4v) is 4.47. The summed E-state index contributed by atoms with van der Waals surface area (Å²) in [6.07, 6.45) is 8.82. The molecule has 3 heterocycles. The van der Waals surface area contributed by atoms with E-state index in [1.54, 1.807) is 6.33 Å². The normalized spacial score (nSPS) is 19.2. The molecule has 4 rings (SSSR count). The van der Waals surface area contributed by atoms with Gasteiger partial charge in [0.1, 0.15) is 12.1 Å². The first-order chi connectivity index (χ1) is 11.8. The van der Waals surface area contributed by atoms with Gasteiger partial charge in [-0.1, -0.05) is 13.8 Å². The predicted molar refractivity (Wildman–Crippen MR) is 95.6 cm³/mol. The molecule has 130 valence electrons. The lowest BCUT2D eigenvalue weighted by Crippen LogP contribution is -2.45. The predicted octanol–water partition coefficient (Wildman–Crippen LogP) is 2.31. The first-order valence-electron chi connectivity index (χ1n) is 9.52. The third-order valence-electron chi connectivity index (χ3n) is 5.77. The Morgan fingerprint density at radius 1 is 1.12 bits per heavy atom. The molecule has 0 spiro atoms. The number of hydrogen-bond acceptors (Lipinski definition) is 5. The van der Waals surface area contributed by atoms with Crippen LogP contribution in [0.25, 0.3) is 5.78 Å². The molecule has 1 fully saturated rings. The van der Waals surface area contributed by atoms with Crippen LogP contribution in [-0.4, -0.2) is 56.7 Å². The molecule has 0 unspecified atom stereocenters. The molecule has 6 heteroatoms. The molecule has 2 aromatic rings. The fraction of sp³-hybridized carbons (Fsp3) is 0.722. The van der Waals surface area contributed by atoms with Crippen molar-refractivity contribution in [1.82, 2.24) is 24.5 Å². The van der Waals surface area contributed by atoms with Gasteiger partial charge in [-0.15, -0.1) is 0 Å². The zero-order valence-electron chi connectivity index (χ0n) is 14.9. The van der Waals surface area contributed by atoms with Crippen LogP contribution in [0.3, 0.4) is 0 Å². The minimum Gasteiger partial charge on any atom is -0.356 e. The van der Waals surface area contributed by atoms with Crippen LogP contribution >= 0.6 is 0 Å². The molecule has 2 aliphatic rings. The van der Waals surface area contributed by atoms with Gasteiger partial charge in [-0.3, -0.25) is 0 Å². The van der Waals surface area contributed by atoms with Crippen molar-refractivity contribution in [1.29, 1.82) is 0 Å². The molecule has 0 aromatic carbocycles. The van der Waals surface area contributed by atoms with E-state index in [2.05, 4.69) is 33.7 Å². The van der Waals surface area contributed by atoms with Crippen LogP contribution in [0.4, 0.5) is 5.82 Å². The molecule has 0 radical (unpaired) electrons. The van der Waals surface area contributed by atoms with E-state index in [1.165, 1.54) is 42.8 Å². The lowest BCUT2D eigenvalue weighted by Gasteiger charge is -2.39. The van der Waals surface area contributed by atoms with Gasteiger partial charge in [0.05, 0.1) is 5.69 Å². The van der Waals surface area contributed by atoms with Crippen LogP contribution in [-0.2, 0) is 12.8 Å². The average molecular weight is 328 g/mol. The third kappa shape index (κ3) is 2.66. The lowest BCUT2D eigenvalue weighted by molar-refractivity contribution is 0.186. The van der Waals surface area contributed by atoms with E-state index < -0.39 is 0 Å². The lowest BCUT2D eigenvalue weighted by atomic mass is 9.95. The van der Waals surface area contributed by atoms with Gasteiger partial charge in [0.2, 0.25) is 0 Å². The highest BCUT2D eigenvalue weighted by atomic mass is 15.4. The van der Waals surface area contributed by atoms with Crippen molar-refractivity contribution in [2.45, 2.75) is 58.4 Å². The van der Waals surface area contributed by atoms with Crippen LogP contribution in [0.15, 0.2) is 6.33 Å². The van der Waals surface area contributed by atoms with Crippen LogP contribution < -0.4 is 4.90 Å². The van der Waals surface area contributed by atoms with Crippen molar-refractivity contribution in [3.05, 3.63) is 17.6 Å². The van der Waals surface area contributed by atoms with Crippen molar-refractivity contribution >= 4 is 11.6 Å². The van der Waals surface area contributed by atoms with Crippen molar-refractivity contribution in [3.63, 3.8) is 0 Å². The zero-order valence-corrected chi connectivity index (χ0v) is 14.9. The Morgan fingerprint density at radius 2 is 1.88 bits per heavy atom. The Bertz CT molecular complexity index is 697. The second-order valence-electron chi connectivity index (χ2n) is 6.98. The van der Waals surface area contributed by atoms with Gasteiger partial charge in [0.25, 0.3) is 5.78 Å². The summed E-state index contributed by atoms with van der Waals surface area (Å²) in [5.41, 5.74) is 2.67. The van der Waals surface area contributed by atoms with Gasteiger partial charge in [-0.05, 0) is 51.6 Å². The Hall–Kier alpha value is -1.69. The van der Waals surface area contributed by atoms with Crippen molar-refractivity contribution in [3.8, 4) is 0 Å². The molecule has 1 aliphatic heterocycles. The first-order valence-corrected chi connectivity index (χ1v) is 9.52. The monoisotopic (exact) mass is 328 g/mol. The third-order valence-corrected chi connectivity index (χ3v) is 5.77. The largest absolute Gasteiger partial charge is 0.356 e. The summed E-state index contributed by atoms with van der Waals surface area (Å²) in [6, 6.07) is 0.722. The molecule has 0 N–H and O–H groups in total. The number of hydrogen-bond donors (Lipinski definition) is 0. The van der Waals surface area contributed by atoms with Crippen molar-refractivity contribution in [2.24, 2.45) is 0 Å².